The van der Waals surface area contributed by atoms with Gasteiger partial charge >= 0.3 is 0 Å². The summed E-state index contributed by atoms with van der Waals surface area (Å²) in [6.45, 7) is 2.34. The van der Waals surface area contributed by atoms with Crippen LogP contribution in [0, 0.1) is 6.92 Å². The third-order valence-electron chi connectivity index (χ3n) is 3.45. The number of aryl methyl sites for hydroxylation is 1. The van der Waals surface area contributed by atoms with Gasteiger partial charge in [0, 0.05) is 6.54 Å². The van der Waals surface area contributed by atoms with Crippen molar-refractivity contribution in [3.63, 3.8) is 0 Å². The summed E-state index contributed by atoms with van der Waals surface area (Å²) in [4.78, 5) is 26.2. The number of carbonyl (C=O) groups is 2. The summed E-state index contributed by atoms with van der Waals surface area (Å²) in [5.74, 6) is -0.515. The Labute approximate surface area is 137 Å². The summed E-state index contributed by atoms with van der Waals surface area (Å²) in [6.07, 6.45) is 0. The summed E-state index contributed by atoms with van der Waals surface area (Å²) in [5, 5.41) is 11.6. The Morgan fingerprint density at radius 1 is 1.39 bits per heavy atom. The zero-order valence-electron chi connectivity index (χ0n) is 12.6. The van der Waals surface area contributed by atoms with Gasteiger partial charge in [-0.25, -0.2) is 0 Å². The van der Waals surface area contributed by atoms with Gasteiger partial charge in [0.2, 0.25) is 11.0 Å². The van der Waals surface area contributed by atoms with Crippen LogP contribution in [-0.4, -0.2) is 46.2 Å². The average molecular weight is 332 g/mol. The Morgan fingerprint density at radius 2 is 2.17 bits per heavy atom. The molecule has 0 aliphatic carbocycles. The molecule has 1 aromatic heterocycles. The lowest BCUT2D eigenvalue weighted by molar-refractivity contribution is -0.154. The van der Waals surface area contributed by atoms with E-state index in [2.05, 4.69) is 15.5 Å². The highest BCUT2D eigenvalue weighted by Gasteiger charge is 2.34. The summed E-state index contributed by atoms with van der Waals surface area (Å²) in [6, 6.07) is 8.88. The second-order valence-corrected chi connectivity index (χ2v) is 6.34. The fourth-order valence-corrected chi connectivity index (χ4v) is 2.93. The molecule has 1 aromatic carbocycles. The van der Waals surface area contributed by atoms with Crippen molar-refractivity contribution < 1.29 is 14.3 Å². The molecule has 0 radical (unpaired) electrons. The lowest BCUT2D eigenvalue weighted by Crippen LogP contribution is -2.54. The molecule has 1 aliphatic heterocycles. The van der Waals surface area contributed by atoms with E-state index in [4.69, 9.17) is 4.74 Å². The van der Waals surface area contributed by atoms with E-state index < -0.39 is 6.04 Å². The number of benzene rings is 1. The van der Waals surface area contributed by atoms with Gasteiger partial charge in [-0.3, -0.25) is 14.9 Å². The highest BCUT2D eigenvalue weighted by Crippen LogP contribution is 2.18. The number of ether oxygens (including phenoxy) is 1. The number of hydrogen-bond donors (Lipinski definition) is 1. The van der Waals surface area contributed by atoms with Gasteiger partial charge < -0.3 is 9.64 Å². The first-order valence-corrected chi connectivity index (χ1v) is 7.97. The van der Waals surface area contributed by atoms with Gasteiger partial charge in [-0.1, -0.05) is 41.7 Å². The van der Waals surface area contributed by atoms with E-state index in [0.29, 0.717) is 11.7 Å². The first kappa shape index (κ1) is 15.6. The monoisotopic (exact) mass is 332 g/mol. The van der Waals surface area contributed by atoms with Gasteiger partial charge in [-0.05, 0) is 12.5 Å². The third-order valence-corrected chi connectivity index (χ3v) is 4.21. The topological polar surface area (TPSA) is 84.4 Å². The average Bonchev–Trinajstić information content (AvgIpc) is 2.95. The number of aromatic nitrogens is 2. The van der Waals surface area contributed by atoms with E-state index >= 15 is 0 Å². The van der Waals surface area contributed by atoms with Crippen LogP contribution < -0.4 is 5.32 Å². The molecule has 120 valence electrons. The van der Waals surface area contributed by atoms with Crippen LogP contribution >= 0.6 is 11.3 Å². The lowest BCUT2D eigenvalue weighted by atomic mass is 10.1. The normalized spacial score (nSPS) is 18.0. The second-order valence-electron chi connectivity index (χ2n) is 5.15. The number of amides is 2. The van der Waals surface area contributed by atoms with Crippen molar-refractivity contribution in [3.05, 3.63) is 40.9 Å². The Morgan fingerprint density at radius 3 is 2.87 bits per heavy atom. The van der Waals surface area contributed by atoms with E-state index in [-0.39, 0.29) is 25.0 Å². The first-order valence-electron chi connectivity index (χ1n) is 7.15. The maximum absolute atomic E-state index is 12.5. The quantitative estimate of drug-likeness (QED) is 0.910. The van der Waals surface area contributed by atoms with Crippen molar-refractivity contribution >= 4 is 28.3 Å². The zero-order valence-corrected chi connectivity index (χ0v) is 13.4. The van der Waals surface area contributed by atoms with Crippen LogP contribution in [0.15, 0.2) is 30.3 Å². The molecule has 8 heteroatoms. The maximum atomic E-state index is 12.5. The van der Waals surface area contributed by atoms with Crippen molar-refractivity contribution in [1.82, 2.24) is 15.1 Å². The Kier molecular flexibility index (Phi) is 4.63. The molecular weight excluding hydrogens is 316 g/mol. The van der Waals surface area contributed by atoms with Crippen LogP contribution in [-0.2, 0) is 20.9 Å². The van der Waals surface area contributed by atoms with Crippen LogP contribution in [0.25, 0.3) is 0 Å². The van der Waals surface area contributed by atoms with Crippen molar-refractivity contribution in [2.24, 2.45) is 0 Å². The molecule has 1 atom stereocenters. The molecule has 1 fully saturated rings. The predicted octanol–water partition coefficient (Wildman–Crippen LogP) is 1.21. The van der Waals surface area contributed by atoms with Gasteiger partial charge in [-0.2, -0.15) is 0 Å². The van der Waals surface area contributed by atoms with Gasteiger partial charge in [0.15, 0.2) is 0 Å². The largest absolute Gasteiger partial charge is 0.369 e. The zero-order chi connectivity index (χ0) is 16.2. The summed E-state index contributed by atoms with van der Waals surface area (Å²) in [7, 11) is 0. The molecule has 0 saturated carbocycles. The molecule has 2 heterocycles. The molecule has 7 nitrogen and oxygen atoms in total. The van der Waals surface area contributed by atoms with Crippen LogP contribution in [0.3, 0.4) is 0 Å². The SMILES string of the molecule is Cc1nnc(NC(=O)C2COCC(=O)N2Cc2ccccc2)s1. The van der Waals surface area contributed by atoms with Gasteiger partial charge in [0.25, 0.3) is 5.91 Å². The summed E-state index contributed by atoms with van der Waals surface area (Å²) < 4.78 is 5.24. The van der Waals surface area contributed by atoms with E-state index in [9.17, 15) is 9.59 Å². The highest BCUT2D eigenvalue weighted by molar-refractivity contribution is 7.15. The smallest absolute Gasteiger partial charge is 0.251 e. The van der Waals surface area contributed by atoms with E-state index in [0.717, 1.165) is 10.6 Å². The number of anilines is 1. The molecule has 0 bridgehead atoms. The van der Waals surface area contributed by atoms with E-state index in [1.165, 1.54) is 11.3 Å². The number of nitrogens with zero attached hydrogens (tertiary/aromatic N) is 3. The Bertz CT molecular complexity index is 704. The number of morpholine rings is 1. The number of carbonyl (C=O) groups excluding carboxylic acids is 2. The molecule has 1 saturated heterocycles. The maximum Gasteiger partial charge on any atom is 0.251 e. The third kappa shape index (κ3) is 3.72. The summed E-state index contributed by atoms with van der Waals surface area (Å²) >= 11 is 1.29. The number of nitrogens with one attached hydrogen (secondary N) is 1. The standard InChI is InChI=1S/C15H16N4O3S/c1-10-17-18-15(23-10)16-14(21)12-8-22-9-13(20)19(12)7-11-5-3-2-4-6-11/h2-6,12H,7-9H2,1H3,(H,16,18,21). The minimum atomic E-state index is -0.680. The van der Waals surface area contributed by atoms with Crippen LogP contribution in [0.2, 0.25) is 0 Å². The minimum absolute atomic E-state index is 0.00543. The molecule has 1 N–H and O–H groups in total. The van der Waals surface area contributed by atoms with Crippen LogP contribution in [0.5, 0.6) is 0 Å². The predicted molar refractivity (Wildman–Crippen MR) is 84.9 cm³/mol. The van der Waals surface area contributed by atoms with E-state index in [1.807, 2.05) is 37.3 Å². The van der Waals surface area contributed by atoms with Crippen molar-refractivity contribution in [2.75, 3.05) is 18.5 Å². The molecule has 2 amide bonds. The molecule has 1 aliphatic rings. The van der Waals surface area contributed by atoms with Gasteiger partial charge in [0.1, 0.15) is 17.7 Å². The Balaban J connectivity index is 1.74. The Hall–Kier alpha value is -2.32. The molecule has 3 rings (SSSR count). The van der Waals surface area contributed by atoms with Crippen LogP contribution in [0.1, 0.15) is 10.6 Å². The fourth-order valence-electron chi connectivity index (χ4n) is 2.34. The molecule has 0 spiro atoms. The number of hydrogen-bond acceptors (Lipinski definition) is 6. The first-order chi connectivity index (χ1) is 11.1. The molecular formula is C15H16N4O3S. The molecule has 23 heavy (non-hydrogen) atoms. The number of rotatable bonds is 4. The second kappa shape index (κ2) is 6.84. The van der Waals surface area contributed by atoms with Gasteiger partial charge in [-0.15, -0.1) is 10.2 Å². The lowest BCUT2D eigenvalue weighted by Gasteiger charge is -2.34. The molecule has 1 unspecified atom stereocenters. The minimum Gasteiger partial charge on any atom is -0.369 e. The van der Waals surface area contributed by atoms with Crippen LogP contribution in [0.4, 0.5) is 5.13 Å². The van der Waals surface area contributed by atoms with Crippen molar-refractivity contribution in [1.29, 1.82) is 0 Å². The van der Waals surface area contributed by atoms with Crippen molar-refractivity contribution in [2.45, 2.75) is 19.5 Å². The highest BCUT2D eigenvalue weighted by atomic mass is 32.1. The van der Waals surface area contributed by atoms with E-state index in [1.54, 1.807) is 4.90 Å². The fraction of sp³-hybridized carbons (Fsp3) is 0.333. The summed E-state index contributed by atoms with van der Waals surface area (Å²) in [5.41, 5.74) is 0.965. The molecule has 2 aromatic rings. The van der Waals surface area contributed by atoms with Gasteiger partial charge in [0.05, 0.1) is 6.61 Å². The van der Waals surface area contributed by atoms with Crippen molar-refractivity contribution in [3.8, 4) is 0 Å².